The number of fused-ring (bicyclic) bond motifs is 1. The Balaban J connectivity index is 1.54. The first-order valence-electron chi connectivity index (χ1n) is 14.3. The summed E-state index contributed by atoms with van der Waals surface area (Å²) in [4.78, 5) is 18.4. The number of sulfonamides is 1. The van der Waals surface area contributed by atoms with Crippen molar-refractivity contribution >= 4 is 50.8 Å². The monoisotopic (exact) mass is 675 g/mol. The number of carbonyl (C=O) groups excluding carboxylic acids is 1. The Bertz CT molecular complexity index is 2070. The number of amides is 1. The van der Waals surface area contributed by atoms with Gasteiger partial charge >= 0.3 is 0 Å². The number of aryl methyl sites for hydroxylation is 1. The number of pyridine rings is 1. The summed E-state index contributed by atoms with van der Waals surface area (Å²) in [7, 11) is -4.02. The number of aromatic nitrogens is 3. The van der Waals surface area contributed by atoms with Gasteiger partial charge < -0.3 is 5.32 Å². The second kappa shape index (κ2) is 12.8. The van der Waals surface area contributed by atoms with Crippen LogP contribution in [0.3, 0.4) is 0 Å². The van der Waals surface area contributed by atoms with Gasteiger partial charge in [-0.25, -0.2) is 17.5 Å². The molecule has 1 unspecified atom stereocenters. The van der Waals surface area contributed by atoms with Gasteiger partial charge in [-0.2, -0.15) is 9.40 Å². The molecule has 46 heavy (non-hydrogen) atoms. The molecular weight excluding hydrogens is 648 g/mol. The first kappa shape index (κ1) is 31.6. The van der Waals surface area contributed by atoms with E-state index in [9.17, 15) is 17.6 Å². The second-order valence-electron chi connectivity index (χ2n) is 10.9. The summed E-state index contributed by atoms with van der Waals surface area (Å²) in [5.74, 6) is -0.928. The number of halogens is 3. The van der Waals surface area contributed by atoms with Gasteiger partial charge in [0.15, 0.2) is 5.69 Å². The maximum atomic E-state index is 14.0. The van der Waals surface area contributed by atoms with Gasteiger partial charge in [0, 0.05) is 29.9 Å². The lowest BCUT2D eigenvalue weighted by molar-refractivity contribution is 0.0932. The molecule has 12 heteroatoms. The van der Waals surface area contributed by atoms with Crippen LogP contribution in [0.1, 0.15) is 51.5 Å². The molecule has 0 saturated carbocycles. The van der Waals surface area contributed by atoms with Crippen molar-refractivity contribution in [2.24, 2.45) is 0 Å². The van der Waals surface area contributed by atoms with Crippen LogP contribution >= 0.6 is 23.2 Å². The maximum Gasteiger partial charge on any atom is 0.272 e. The van der Waals surface area contributed by atoms with Gasteiger partial charge in [-0.05, 0) is 85.7 Å². The Morgan fingerprint density at radius 3 is 2.41 bits per heavy atom. The van der Waals surface area contributed by atoms with Gasteiger partial charge in [-0.1, -0.05) is 59.1 Å². The molecule has 0 spiro atoms. The van der Waals surface area contributed by atoms with Crippen LogP contribution in [0.25, 0.3) is 17.3 Å². The summed E-state index contributed by atoms with van der Waals surface area (Å²) in [6, 6.07) is 22.2. The van der Waals surface area contributed by atoms with Crippen molar-refractivity contribution in [2.45, 2.75) is 31.3 Å². The van der Waals surface area contributed by atoms with Crippen LogP contribution in [0.5, 0.6) is 0 Å². The normalized spacial score (nSPS) is 15.0. The number of carbonyl (C=O) groups is 1. The molecule has 3 heterocycles. The molecule has 1 N–H and O–H groups in total. The lowest BCUT2D eigenvalue weighted by Crippen LogP contribution is -2.37. The quantitative estimate of drug-likeness (QED) is 0.196. The van der Waals surface area contributed by atoms with Gasteiger partial charge in [0.25, 0.3) is 5.91 Å². The largest absolute Gasteiger partial charge is 0.343 e. The third-order valence-electron chi connectivity index (χ3n) is 7.67. The average Bonchev–Trinajstić information content (AvgIpc) is 3.42. The van der Waals surface area contributed by atoms with Gasteiger partial charge in [0.1, 0.15) is 5.82 Å². The number of hydrogen-bond acceptors (Lipinski definition) is 5. The molecule has 234 valence electrons. The molecule has 1 amide bonds. The van der Waals surface area contributed by atoms with Gasteiger partial charge in [0.05, 0.1) is 33.0 Å². The molecule has 0 aliphatic carbocycles. The fourth-order valence-corrected chi connectivity index (χ4v) is 7.19. The first-order valence-corrected chi connectivity index (χ1v) is 16.5. The van der Waals surface area contributed by atoms with Gasteiger partial charge in [-0.3, -0.25) is 9.78 Å². The zero-order chi connectivity index (χ0) is 32.6. The Labute approximate surface area is 276 Å². The van der Waals surface area contributed by atoms with E-state index in [-0.39, 0.29) is 28.7 Å². The summed E-state index contributed by atoms with van der Waals surface area (Å²) in [5.41, 5.74) is 4.06. The molecular formula is C34H28Cl2FN5O3S. The molecule has 0 radical (unpaired) electrons. The number of rotatable bonds is 7. The van der Waals surface area contributed by atoms with Crippen molar-refractivity contribution < 1.29 is 17.6 Å². The third kappa shape index (κ3) is 6.34. The molecule has 8 nitrogen and oxygen atoms in total. The summed E-state index contributed by atoms with van der Waals surface area (Å²) in [6.45, 7) is 3.48. The fraction of sp³-hybridized carbons (Fsp3) is 0.147. The number of nitrogens with zero attached hydrogens (tertiary/aromatic N) is 4. The summed E-state index contributed by atoms with van der Waals surface area (Å²) < 4.78 is 44.8. The van der Waals surface area contributed by atoms with Crippen molar-refractivity contribution in [3.8, 4) is 5.69 Å². The molecule has 5 aromatic rings. The van der Waals surface area contributed by atoms with Crippen molar-refractivity contribution in [1.29, 1.82) is 0 Å². The van der Waals surface area contributed by atoms with Gasteiger partial charge in [-0.15, -0.1) is 0 Å². The molecule has 2 aromatic heterocycles. The molecule has 0 fully saturated rings. The molecule has 1 aliphatic heterocycles. The van der Waals surface area contributed by atoms with Crippen molar-refractivity contribution in [3.63, 3.8) is 0 Å². The molecule has 1 aliphatic rings. The van der Waals surface area contributed by atoms with Crippen molar-refractivity contribution in [3.05, 3.63) is 141 Å². The van der Waals surface area contributed by atoms with Crippen LogP contribution in [-0.4, -0.2) is 39.9 Å². The minimum Gasteiger partial charge on any atom is -0.343 e. The molecule has 6 rings (SSSR count). The molecule has 1 atom stereocenters. The first-order chi connectivity index (χ1) is 22.0. The highest BCUT2D eigenvalue weighted by atomic mass is 35.5. The average molecular weight is 677 g/mol. The molecule has 0 saturated heterocycles. The highest BCUT2D eigenvalue weighted by Gasteiger charge is 2.37. The fourth-order valence-electron chi connectivity index (χ4n) is 5.31. The van der Waals surface area contributed by atoms with E-state index in [1.165, 1.54) is 16.4 Å². The predicted molar refractivity (Wildman–Crippen MR) is 177 cm³/mol. The van der Waals surface area contributed by atoms with E-state index in [4.69, 9.17) is 28.3 Å². The van der Waals surface area contributed by atoms with Crippen LogP contribution in [0.4, 0.5) is 4.39 Å². The van der Waals surface area contributed by atoms with E-state index in [1.54, 1.807) is 90.6 Å². The lowest BCUT2D eigenvalue weighted by atomic mass is 9.98. The smallest absolute Gasteiger partial charge is 0.272 e. The van der Waals surface area contributed by atoms with E-state index >= 15 is 0 Å². The highest BCUT2D eigenvalue weighted by molar-refractivity contribution is 7.89. The SMILES string of the molecule is Cc1ccc(S(=O)(=O)N2C/C(=C\c3ccc(F)cc3)c3c(c(C(=O)NC(C)c4ccccn4)nn3-c3ccc(Cl)cc3Cl)C2)cc1. The Morgan fingerprint density at radius 2 is 1.74 bits per heavy atom. The highest BCUT2D eigenvalue weighted by Crippen LogP contribution is 2.38. The Hall–Kier alpha value is -4.35. The predicted octanol–water partition coefficient (Wildman–Crippen LogP) is 7.26. The summed E-state index contributed by atoms with van der Waals surface area (Å²) in [6.07, 6.45) is 3.40. The zero-order valence-corrected chi connectivity index (χ0v) is 27.1. The zero-order valence-electron chi connectivity index (χ0n) is 24.8. The number of benzene rings is 3. The van der Waals surface area contributed by atoms with E-state index in [2.05, 4.69) is 10.3 Å². The van der Waals surface area contributed by atoms with Crippen molar-refractivity contribution in [1.82, 2.24) is 24.4 Å². The topological polar surface area (TPSA) is 97.2 Å². The Kier molecular flexibility index (Phi) is 8.80. The van der Waals surface area contributed by atoms with E-state index in [1.807, 2.05) is 13.0 Å². The van der Waals surface area contributed by atoms with Gasteiger partial charge in [0.2, 0.25) is 10.0 Å². The van der Waals surface area contributed by atoms with Crippen LogP contribution < -0.4 is 5.32 Å². The second-order valence-corrected chi connectivity index (χ2v) is 13.7. The maximum absolute atomic E-state index is 14.0. The van der Waals surface area contributed by atoms with E-state index in [0.717, 1.165) is 5.56 Å². The lowest BCUT2D eigenvalue weighted by Gasteiger charge is -2.29. The Morgan fingerprint density at radius 1 is 1.00 bits per heavy atom. The van der Waals surface area contributed by atoms with Crippen molar-refractivity contribution in [2.75, 3.05) is 6.54 Å². The van der Waals surface area contributed by atoms with E-state index in [0.29, 0.717) is 38.8 Å². The summed E-state index contributed by atoms with van der Waals surface area (Å²) in [5, 5.41) is 8.38. The number of hydrogen-bond donors (Lipinski definition) is 1. The molecule has 0 bridgehead atoms. The minimum atomic E-state index is -4.02. The van der Waals surface area contributed by atoms with E-state index < -0.39 is 27.8 Å². The summed E-state index contributed by atoms with van der Waals surface area (Å²) >= 11 is 12.9. The van der Waals surface area contributed by atoms with Crippen LogP contribution in [0, 0.1) is 12.7 Å². The van der Waals surface area contributed by atoms with Crippen LogP contribution in [0.15, 0.2) is 96.0 Å². The molecule has 3 aromatic carbocycles. The third-order valence-corrected chi connectivity index (χ3v) is 10.0. The van der Waals surface area contributed by atoms with Crippen LogP contribution in [-0.2, 0) is 16.6 Å². The van der Waals surface area contributed by atoms with Crippen LogP contribution in [0.2, 0.25) is 10.0 Å². The number of nitrogens with one attached hydrogen (secondary N) is 1. The standard InChI is InChI=1S/C34H28Cl2FN5O3S/c1-21-6-13-27(14-7-21)46(44,45)41-19-24(17-23-8-11-26(37)12-9-23)33-28(20-41)32(34(43)39-22(2)30-5-3-4-16-38-30)40-42(33)31-15-10-25(35)18-29(31)36/h3-18,22H,19-20H2,1-2H3,(H,39,43)/b24-17+. The minimum absolute atomic E-state index is 0.0256.